The second kappa shape index (κ2) is 3.51. The van der Waals surface area contributed by atoms with Gasteiger partial charge in [0.2, 0.25) is 5.83 Å². The number of rotatable bonds is 2. The highest BCUT2D eigenvalue weighted by atomic mass is 19.4. The third-order valence-electron chi connectivity index (χ3n) is 0.793. The molecule has 0 aliphatic rings. The normalized spacial score (nSPS) is 14.1. The van der Waals surface area contributed by atoms with Gasteiger partial charge in [-0.25, -0.2) is 4.39 Å². The minimum absolute atomic E-state index is 1.61. The predicted molar refractivity (Wildman–Crippen MR) is 27.5 cm³/mol. The van der Waals surface area contributed by atoms with Crippen LogP contribution in [-0.4, -0.2) is 17.3 Å². The zero-order valence-corrected chi connectivity index (χ0v) is 5.45. The standard InChI is InChI=1S/C5H3F5O2/c6-2(1-3(11)12)4(7)5(8,9)10/h1H2,(H,11,12)/b4-2-. The average Bonchev–Trinajstić information content (AvgIpc) is 1.82. The SMILES string of the molecule is O=C(O)C/C(F)=C(/F)C(F)(F)F. The van der Waals surface area contributed by atoms with Gasteiger partial charge in [0.05, 0.1) is 0 Å². The number of carbonyl (C=O) groups is 1. The number of hydrogen-bond acceptors (Lipinski definition) is 1. The molecule has 0 heterocycles. The Morgan fingerprint density at radius 3 is 1.92 bits per heavy atom. The van der Waals surface area contributed by atoms with Crippen molar-refractivity contribution < 1.29 is 31.9 Å². The largest absolute Gasteiger partial charge is 0.481 e. The van der Waals surface area contributed by atoms with Crippen molar-refractivity contribution in [2.24, 2.45) is 0 Å². The molecule has 0 aliphatic carbocycles. The van der Waals surface area contributed by atoms with Crippen LogP contribution in [0.4, 0.5) is 22.0 Å². The van der Waals surface area contributed by atoms with Crippen LogP contribution in [-0.2, 0) is 4.79 Å². The number of halogens is 5. The summed E-state index contributed by atoms with van der Waals surface area (Å²) in [5.41, 5.74) is 0. The molecule has 0 amide bonds. The molecule has 1 N–H and O–H groups in total. The van der Waals surface area contributed by atoms with E-state index < -0.39 is 30.2 Å². The van der Waals surface area contributed by atoms with Crippen LogP contribution in [0.1, 0.15) is 6.42 Å². The summed E-state index contributed by atoms with van der Waals surface area (Å²) in [7, 11) is 0. The van der Waals surface area contributed by atoms with Crippen molar-refractivity contribution in [2.75, 3.05) is 0 Å². The minimum atomic E-state index is -5.46. The van der Waals surface area contributed by atoms with Crippen LogP contribution < -0.4 is 0 Å². The lowest BCUT2D eigenvalue weighted by Gasteiger charge is -2.02. The van der Waals surface area contributed by atoms with Crippen molar-refractivity contribution in [3.63, 3.8) is 0 Å². The van der Waals surface area contributed by atoms with E-state index in [1.54, 1.807) is 0 Å². The number of allylic oxidation sites excluding steroid dienone is 1. The van der Waals surface area contributed by atoms with E-state index in [4.69, 9.17) is 5.11 Å². The second-order valence-corrected chi connectivity index (χ2v) is 1.79. The van der Waals surface area contributed by atoms with Gasteiger partial charge < -0.3 is 5.11 Å². The van der Waals surface area contributed by atoms with Gasteiger partial charge in [-0.05, 0) is 0 Å². The van der Waals surface area contributed by atoms with Gasteiger partial charge in [-0.1, -0.05) is 0 Å². The zero-order chi connectivity index (χ0) is 9.94. The summed E-state index contributed by atoms with van der Waals surface area (Å²) in [6.07, 6.45) is -7.06. The molecule has 0 fully saturated rings. The number of carboxylic acid groups (broad SMARTS) is 1. The molecule has 2 nitrogen and oxygen atoms in total. The molecule has 7 heteroatoms. The lowest BCUT2D eigenvalue weighted by atomic mass is 10.3. The van der Waals surface area contributed by atoms with Crippen LogP contribution in [0.3, 0.4) is 0 Å². The smallest absolute Gasteiger partial charge is 0.445 e. The molecule has 0 rings (SSSR count). The first kappa shape index (κ1) is 10.9. The van der Waals surface area contributed by atoms with Gasteiger partial charge in [-0.3, -0.25) is 4.79 Å². The Morgan fingerprint density at radius 2 is 1.67 bits per heavy atom. The first-order chi connectivity index (χ1) is 5.25. The van der Waals surface area contributed by atoms with Gasteiger partial charge in [0, 0.05) is 0 Å². The number of hydrogen-bond donors (Lipinski definition) is 1. The van der Waals surface area contributed by atoms with Gasteiger partial charge in [-0.15, -0.1) is 0 Å². The monoisotopic (exact) mass is 190 g/mol. The maximum absolute atomic E-state index is 11.9. The summed E-state index contributed by atoms with van der Waals surface area (Å²) in [4.78, 5) is 9.63. The molecule has 70 valence electrons. The highest BCUT2D eigenvalue weighted by Gasteiger charge is 2.38. The highest BCUT2D eigenvalue weighted by molar-refractivity contribution is 5.69. The maximum atomic E-state index is 11.9. The lowest BCUT2D eigenvalue weighted by molar-refractivity contribution is -0.136. The second-order valence-electron chi connectivity index (χ2n) is 1.79. The maximum Gasteiger partial charge on any atom is 0.445 e. The van der Waals surface area contributed by atoms with Crippen LogP contribution in [0.2, 0.25) is 0 Å². The third kappa shape index (κ3) is 3.31. The number of alkyl halides is 3. The van der Waals surface area contributed by atoms with Crippen molar-refractivity contribution in [1.82, 2.24) is 0 Å². The molecule has 0 atom stereocenters. The molecule has 0 spiro atoms. The fourth-order valence-corrected chi connectivity index (χ4v) is 0.364. The van der Waals surface area contributed by atoms with Crippen molar-refractivity contribution in [3.8, 4) is 0 Å². The van der Waals surface area contributed by atoms with E-state index in [2.05, 4.69) is 0 Å². The summed E-state index contributed by atoms with van der Waals surface area (Å²) < 4.78 is 57.6. The van der Waals surface area contributed by atoms with Gasteiger partial charge in [-0.2, -0.15) is 17.6 Å². The first-order valence-electron chi connectivity index (χ1n) is 2.58. The Bertz CT molecular complexity index is 216. The molecule has 0 aliphatic heterocycles. The van der Waals surface area contributed by atoms with Crippen molar-refractivity contribution >= 4 is 5.97 Å². The van der Waals surface area contributed by atoms with E-state index in [-0.39, 0.29) is 0 Å². The van der Waals surface area contributed by atoms with Gasteiger partial charge in [0.1, 0.15) is 6.42 Å². The zero-order valence-electron chi connectivity index (χ0n) is 5.45. The third-order valence-corrected chi connectivity index (χ3v) is 0.793. The molecule has 0 unspecified atom stereocenters. The summed E-state index contributed by atoms with van der Waals surface area (Å²) >= 11 is 0. The van der Waals surface area contributed by atoms with E-state index in [9.17, 15) is 26.7 Å². The summed E-state index contributed by atoms with van der Waals surface area (Å²) in [6.45, 7) is 0. The van der Waals surface area contributed by atoms with E-state index >= 15 is 0 Å². The highest BCUT2D eigenvalue weighted by Crippen LogP contribution is 2.30. The first-order valence-corrected chi connectivity index (χ1v) is 2.58. The number of carboxylic acids is 1. The number of aliphatic carboxylic acids is 1. The summed E-state index contributed by atoms with van der Waals surface area (Å²) in [6, 6.07) is 0. The van der Waals surface area contributed by atoms with Crippen molar-refractivity contribution in [3.05, 3.63) is 11.7 Å². The Hall–Kier alpha value is -1.14. The molecule has 12 heavy (non-hydrogen) atoms. The fourth-order valence-electron chi connectivity index (χ4n) is 0.364. The van der Waals surface area contributed by atoms with E-state index in [0.29, 0.717) is 0 Å². The lowest BCUT2D eigenvalue weighted by Crippen LogP contribution is -2.10. The quantitative estimate of drug-likeness (QED) is 0.677. The molecule has 0 radical (unpaired) electrons. The van der Waals surface area contributed by atoms with E-state index in [1.807, 2.05) is 0 Å². The Labute approximate surface area is 63.3 Å². The Kier molecular flexibility index (Phi) is 3.17. The molecular formula is C5H3F5O2. The van der Waals surface area contributed by atoms with E-state index in [1.165, 1.54) is 0 Å². The minimum Gasteiger partial charge on any atom is -0.481 e. The van der Waals surface area contributed by atoms with Crippen LogP contribution in [0.5, 0.6) is 0 Å². The molecule has 0 saturated carbocycles. The van der Waals surface area contributed by atoms with Crippen LogP contribution >= 0.6 is 0 Å². The molecule has 0 bridgehead atoms. The van der Waals surface area contributed by atoms with E-state index in [0.717, 1.165) is 0 Å². The molecule has 0 saturated heterocycles. The summed E-state index contributed by atoms with van der Waals surface area (Å²) in [5.74, 6) is -7.19. The van der Waals surface area contributed by atoms with Crippen LogP contribution in [0.25, 0.3) is 0 Å². The molecule has 0 aromatic rings. The Balaban J connectivity index is 4.58. The van der Waals surface area contributed by atoms with Gasteiger partial charge in [0.15, 0.2) is 5.83 Å². The van der Waals surface area contributed by atoms with Gasteiger partial charge >= 0.3 is 12.1 Å². The molecular weight excluding hydrogens is 187 g/mol. The van der Waals surface area contributed by atoms with Gasteiger partial charge in [0.25, 0.3) is 0 Å². The van der Waals surface area contributed by atoms with Crippen molar-refractivity contribution in [2.45, 2.75) is 12.6 Å². The van der Waals surface area contributed by atoms with Crippen molar-refractivity contribution in [1.29, 1.82) is 0 Å². The Morgan fingerprint density at radius 1 is 1.25 bits per heavy atom. The predicted octanol–water partition coefficient (Wildman–Crippen LogP) is 2.17. The van der Waals surface area contributed by atoms with Crippen LogP contribution in [0.15, 0.2) is 11.7 Å². The van der Waals surface area contributed by atoms with Crippen LogP contribution in [0, 0.1) is 0 Å². The fraction of sp³-hybridized carbons (Fsp3) is 0.400. The molecule has 0 aromatic heterocycles. The average molecular weight is 190 g/mol. The summed E-state index contributed by atoms with van der Waals surface area (Å²) in [5, 5.41) is 7.79. The topological polar surface area (TPSA) is 37.3 Å². The molecule has 0 aromatic carbocycles.